The SMILES string of the molecule is COc1ccc([C@H]2CC(c3ccccc3)=NN2C(=O)COC(=O)Cc2ccc(S(=O)(=O)N3CCCCC3)s2)cc1. The van der Waals surface area contributed by atoms with E-state index in [2.05, 4.69) is 5.10 Å². The van der Waals surface area contributed by atoms with Gasteiger partial charge in [-0.2, -0.15) is 9.41 Å². The summed E-state index contributed by atoms with van der Waals surface area (Å²) in [5, 5.41) is 5.98. The van der Waals surface area contributed by atoms with Gasteiger partial charge in [-0.15, -0.1) is 11.3 Å². The van der Waals surface area contributed by atoms with E-state index in [1.807, 2.05) is 54.6 Å². The van der Waals surface area contributed by atoms with E-state index in [1.54, 1.807) is 13.2 Å². The van der Waals surface area contributed by atoms with E-state index in [-0.39, 0.29) is 16.7 Å². The third-order valence-corrected chi connectivity index (χ3v) is 10.4. The molecule has 3 aromatic rings. The van der Waals surface area contributed by atoms with Crippen molar-refractivity contribution in [3.8, 4) is 5.75 Å². The molecule has 0 saturated carbocycles. The summed E-state index contributed by atoms with van der Waals surface area (Å²) in [5.74, 6) is -0.345. The van der Waals surface area contributed by atoms with E-state index in [0.29, 0.717) is 30.1 Å². The minimum absolute atomic E-state index is 0.117. The Balaban J connectivity index is 1.24. The lowest BCUT2D eigenvalue weighted by Crippen LogP contribution is -2.35. The monoisotopic (exact) mass is 581 g/mol. The van der Waals surface area contributed by atoms with Gasteiger partial charge in [-0.3, -0.25) is 9.59 Å². The van der Waals surface area contributed by atoms with Crippen LogP contribution in [0, 0.1) is 0 Å². The van der Waals surface area contributed by atoms with E-state index in [4.69, 9.17) is 9.47 Å². The number of esters is 1. The van der Waals surface area contributed by atoms with Crippen molar-refractivity contribution in [3.63, 3.8) is 0 Å². The smallest absolute Gasteiger partial charge is 0.311 e. The van der Waals surface area contributed by atoms with Crippen molar-refractivity contribution in [3.05, 3.63) is 82.7 Å². The molecule has 2 aromatic carbocycles. The average molecular weight is 582 g/mol. The summed E-state index contributed by atoms with van der Waals surface area (Å²) in [6.07, 6.45) is 3.13. The molecule has 2 aliphatic heterocycles. The van der Waals surface area contributed by atoms with Crippen molar-refractivity contribution >= 4 is 38.9 Å². The molecule has 2 aliphatic rings. The number of amides is 1. The number of rotatable bonds is 9. The minimum atomic E-state index is -3.56. The zero-order valence-electron chi connectivity index (χ0n) is 22.2. The lowest BCUT2D eigenvalue weighted by molar-refractivity contribution is -0.152. The highest BCUT2D eigenvalue weighted by Crippen LogP contribution is 2.34. The first-order valence-electron chi connectivity index (χ1n) is 13.2. The van der Waals surface area contributed by atoms with Gasteiger partial charge < -0.3 is 9.47 Å². The van der Waals surface area contributed by atoms with Crippen molar-refractivity contribution in [1.82, 2.24) is 9.31 Å². The first kappa shape index (κ1) is 28.0. The second kappa shape index (κ2) is 12.3. The van der Waals surface area contributed by atoms with Crippen molar-refractivity contribution in [2.45, 2.75) is 42.4 Å². The second-order valence-electron chi connectivity index (χ2n) is 9.67. The van der Waals surface area contributed by atoms with Crippen LogP contribution in [0.25, 0.3) is 0 Å². The van der Waals surface area contributed by atoms with Crippen LogP contribution in [0.1, 0.15) is 47.7 Å². The van der Waals surface area contributed by atoms with Crippen LogP contribution < -0.4 is 4.74 Å². The van der Waals surface area contributed by atoms with Crippen LogP contribution in [0.15, 0.2) is 76.0 Å². The Labute approximate surface area is 238 Å². The minimum Gasteiger partial charge on any atom is -0.497 e. The number of hydrogen-bond acceptors (Lipinski definition) is 8. The number of benzene rings is 2. The van der Waals surface area contributed by atoms with E-state index in [0.717, 1.165) is 47.4 Å². The quantitative estimate of drug-likeness (QED) is 0.347. The predicted molar refractivity (Wildman–Crippen MR) is 152 cm³/mol. The number of methoxy groups -OCH3 is 1. The maximum absolute atomic E-state index is 13.2. The number of ether oxygens (including phenoxy) is 2. The molecule has 0 unspecified atom stereocenters. The van der Waals surface area contributed by atoms with Crippen LogP contribution in [0.2, 0.25) is 0 Å². The Hall–Kier alpha value is -3.54. The van der Waals surface area contributed by atoms with Gasteiger partial charge >= 0.3 is 5.97 Å². The summed E-state index contributed by atoms with van der Waals surface area (Å²) >= 11 is 1.06. The van der Waals surface area contributed by atoms with Crippen molar-refractivity contribution in [1.29, 1.82) is 0 Å². The van der Waals surface area contributed by atoms with Gasteiger partial charge in [0.2, 0.25) is 0 Å². The molecule has 5 rings (SSSR count). The zero-order valence-corrected chi connectivity index (χ0v) is 23.8. The van der Waals surface area contributed by atoms with Crippen LogP contribution in [0.4, 0.5) is 0 Å². The van der Waals surface area contributed by atoms with Crippen molar-refractivity contribution < 1.29 is 27.5 Å². The first-order chi connectivity index (χ1) is 19.3. The highest BCUT2D eigenvalue weighted by Gasteiger charge is 2.34. The molecule has 0 N–H and O–H groups in total. The average Bonchev–Trinajstić information content (AvgIpc) is 3.65. The second-order valence-corrected chi connectivity index (χ2v) is 13.0. The maximum atomic E-state index is 13.2. The van der Waals surface area contributed by atoms with Gasteiger partial charge in [-0.05, 0) is 48.2 Å². The fourth-order valence-electron chi connectivity index (χ4n) is 4.86. The van der Waals surface area contributed by atoms with Crippen LogP contribution >= 0.6 is 11.3 Å². The Bertz CT molecular complexity index is 1480. The van der Waals surface area contributed by atoms with Crippen molar-refractivity contribution in [2.75, 3.05) is 26.8 Å². The number of piperidine rings is 1. The first-order valence-corrected chi connectivity index (χ1v) is 15.4. The number of hydrogen-bond donors (Lipinski definition) is 0. The Morgan fingerprint density at radius 3 is 2.40 bits per heavy atom. The summed E-state index contributed by atoms with van der Waals surface area (Å²) in [4.78, 5) is 26.4. The molecule has 1 atom stereocenters. The molecule has 3 heterocycles. The summed E-state index contributed by atoms with van der Waals surface area (Å²) < 4.78 is 38.1. The fraction of sp³-hybridized carbons (Fsp3) is 0.345. The Morgan fingerprint density at radius 1 is 0.975 bits per heavy atom. The summed E-state index contributed by atoms with van der Waals surface area (Å²) in [7, 11) is -1.97. The molecule has 9 nitrogen and oxygen atoms in total. The van der Waals surface area contributed by atoms with E-state index < -0.39 is 28.5 Å². The molecule has 0 aliphatic carbocycles. The largest absolute Gasteiger partial charge is 0.497 e. The van der Waals surface area contributed by atoms with Gasteiger partial charge in [0.05, 0.1) is 25.3 Å². The van der Waals surface area contributed by atoms with Gasteiger partial charge in [0, 0.05) is 24.4 Å². The molecule has 1 amide bonds. The molecule has 0 radical (unpaired) electrons. The number of nitrogens with zero attached hydrogens (tertiary/aromatic N) is 3. The maximum Gasteiger partial charge on any atom is 0.311 e. The molecule has 1 aromatic heterocycles. The van der Waals surface area contributed by atoms with Gasteiger partial charge in [0.1, 0.15) is 9.96 Å². The summed E-state index contributed by atoms with van der Waals surface area (Å²) in [6.45, 7) is 0.561. The fourth-order valence-corrected chi connectivity index (χ4v) is 7.87. The number of hydrazone groups is 1. The number of sulfonamides is 1. The molecule has 40 heavy (non-hydrogen) atoms. The van der Waals surface area contributed by atoms with E-state index >= 15 is 0 Å². The molecular weight excluding hydrogens is 550 g/mol. The number of thiophene rings is 1. The van der Waals surface area contributed by atoms with Gasteiger partial charge in [-0.1, -0.05) is 48.9 Å². The highest BCUT2D eigenvalue weighted by atomic mass is 32.2. The highest BCUT2D eigenvalue weighted by molar-refractivity contribution is 7.91. The predicted octanol–water partition coefficient (Wildman–Crippen LogP) is 4.39. The van der Waals surface area contributed by atoms with E-state index in [1.165, 1.54) is 15.4 Å². The standard InChI is InChI=1S/C29H31N3O6S2/c1-37-23-12-10-22(11-13-23)26-19-25(21-8-4-2-5-9-21)30-32(26)27(33)20-38-28(34)18-24-14-15-29(39-24)40(35,36)31-16-6-3-7-17-31/h2,4-5,8-15,26H,3,6-7,16-20H2,1H3/t26-/m1/s1. The summed E-state index contributed by atoms with van der Waals surface area (Å²) in [6, 6.07) is 19.9. The lowest BCUT2D eigenvalue weighted by Gasteiger charge is -2.25. The lowest BCUT2D eigenvalue weighted by atomic mass is 9.98. The molecular formula is C29H31N3O6S2. The normalized spacial score (nSPS) is 17.9. The van der Waals surface area contributed by atoms with Gasteiger partial charge in [0.15, 0.2) is 6.61 Å². The van der Waals surface area contributed by atoms with E-state index in [9.17, 15) is 18.0 Å². The summed E-state index contributed by atoms with van der Waals surface area (Å²) in [5.41, 5.74) is 2.57. The molecule has 210 valence electrons. The van der Waals surface area contributed by atoms with Crippen molar-refractivity contribution in [2.24, 2.45) is 5.10 Å². The Kier molecular flexibility index (Phi) is 8.63. The van der Waals surface area contributed by atoms with Crippen LogP contribution in [-0.2, 0) is 30.8 Å². The van der Waals surface area contributed by atoms with Gasteiger partial charge in [-0.25, -0.2) is 13.4 Å². The molecule has 1 saturated heterocycles. The third kappa shape index (κ3) is 6.27. The van der Waals surface area contributed by atoms with Crippen LogP contribution in [-0.4, -0.2) is 62.1 Å². The number of carbonyl (C=O) groups excluding carboxylic acids is 2. The molecule has 11 heteroatoms. The number of carbonyl (C=O) groups is 2. The molecule has 0 bridgehead atoms. The Morgan fingerprint density at radius 2 is 1.70 bits per heavy atom. The van der Waals surface area contributed by atoms with Crippen LogP contribution in [0.3, 0.4) is 0 Å². The third-order valence-electron chi connectivity index (χ3n) is 6.99. The molecule has 0 spiro atoms. The van der Waals surface area contributed by atoms with Crippen LogP contribution in [0.5, 0.6) is 5.75 Å². The zero-order chi connectivity index (χ0) is 28.1. The topological polar surface area (TPSA) is 106 Å². The molecule has 1 fully saturated rings. The van der Waals surface area contributed by atoms with Gasteiger partial charge in [0.25, 0.3) is 15.9 Å².